The molecule has 0 spiro atoms. The monoisotopic (exact) mass is 277 g/mol. The number of unbranched alkanes of at least 4 members (excludes halogenated alkanes) is 3. The van der Waals surface area contributed by atoms with E-state index in [9.17, 15) is 0 Å². The maximum Gasteiger partial charge on any atom is 0.00787 e. The zero-order valence-electron chi connectivity index (χ0n) is 12.1. The fourth-order valence-electron chi connectivity index (χ4n) is 2.81. The van der Waals surface area contributed by atoms with Crippen LogP contribution in [0.25, 0.3) is 0 Å². The van der Waals surface area contributed by atoms with Crippen molar-refractivity contribution in [1.29, 1.82) is 0 Å². The van der Waals surface area contributed by atoms with Crippen LogP contribution in [-0.4, -0.2) is 24.6 Å². The fourth-order valence-corrected chi connectivity index (χ4v) is 3.31. The fraction of sp³-hybridized carbons (Fsp3) is 0.647. The second-order valence-corrected chi connectivity index (χ2v) is 6.62. The molecule has 2 rings (SSSR count). The Bertz CT molecular complexity index is 332. The molecule has 1 aromatic rings. The summed E-state index contributed by atoms with van der Waals surface area (Å²) in [6.07, 6.45) is 10.4. The average Bonchev–Trinajstić information content (AvgIpc) is 2.40. The Hall–Kier alpha value is -0.470. The molecular formula is C17H27NS. The molecule has 0 unspecified atom stereocenters. The number of hydrogen-bond acceptors (Lipinski definition) is 2. The third kappa shape index (κ3) is 5.19. The Kier molecular flexibility index (Phi) is 6.80. The van der Waals surface area contributed by atoms with Gasteiger partial charge in [0.15, 0.2) is 0 Å². The van der Waals surface area contributed by atoms with Crippen LogP contribution in [0, 0.1) is 0 Å². The third-order valence-corrected chi connectivity index (χ3v) is 4.81. The molecule has 1 saturated carbocycles. The third-order valence-electron chi connectivity index (χ3n) is 4.12. The molecule has 0 atom stereocenters. The number of hydrogen-bond donors (Lipinski definition) is 1. The molecule has 1 aromatic carbocycles. The Balaban J connectivity index is 1.47. The quantitative estimate of drug-likeness (QED) is 0.669. The summed E-state index contributed by atoms with van der Waals surface area (Å²) in [6, 6.07) is 11.7. The highest BCUT2D eigenvalue weighted by Gasteiger charge is 2.29. The number of benzene rings is 1. The molecule has 0 aliphatic heterocycles. The van der Waals surface area contributed by atoms with Crippen LogP contribution in [0.4, 0.5) is 0 Å². The van der Waals surface area contributed by atoms with Gasteiger partial charge in [-0.25, -0.2) is 0 Å². The van der Waals surface area contributed by atoms with E-state index in [-0.39, 0.29) is 0 Å². The van der Waals surface area contributed by atoms with Gasteiger partial charge in [-0.05, 0) is 55.7 Å². The number of thioether (sulfide) groups is 1. The molecule has 2 heteroatoms. The molecule has 0 heterocycles. The smallest absolute Gasteiger partial charge is 0.00787 e. The number of nitrogens with one attached hydrogen (secondary N) is 1. The second-order valence-electron chi connectivity index (χ2n) is 5.64. The first-order valence-electron chi connectivity index (χ1n) is 7.67. The topological polar surface area (TPSA) is 12.0 Å². The summed E-state index contributed by atoms with van der Waals surface area (Å²) in [5.74, 6) is 2.13. The highest BCUT2D eigenvalue weighted by Crippen LogP contribution is 2.36. The van der Waals surface area contributed by atoms with Gasteiger partial charge < -0.3 is 5.32 Å². The van der Waals surface area contributed by atoms with Crippen molar-refractivity contribution >= 4 is 11.8 Å². The van der Waals surface area contributed by atoms with Gasteiger partial charge in [-0.2, -0.15) is 11.8 Å². The lowest BCUT2D eigenvalue weighted by Crippen LogP contribution is -2.40. The van der Waals surface area contributed by atoms with Crippen molar-refractivity contribution in [3.05, 3.63) is 35.9 Å². The minimum absolute atomic E-state index is 0.774. The summed E-state index contributed by atoms with van der Waals surface area (Å²) >= 11 is 1.97. The molecular weight excluding hydrogens is 250 g/mol. The maximum atomic E-state index is 3.70. The second kappa shape index (κ2) is 8.65. The number of rotatable bonds is 9. The lowest BCUT2D eigenvalue weighted by Gasteiger charge is -2.36. The van der Waals surface area contributed by atoms with Crippen molar-refractivity contribution in [3.63, 3.8) is 0 Å². The highest BCUT2D eigenvalue weighted by atomic mass is 32.2. The zero-order valence-corrected chi connectivity index (χ0v) is 12.9. The standard InChI is InChI=1S/C17H27NS/c1-19-12-8-3-2-7-11-18-17-13-16(14-17)15-9-5-4-6-10-15/h4-6,9-10,16-18H,2-3,7-8,11-14H2,1H3. The maximum absolute atomic E-state index is 3.70. The summed E-state index contributed by atoms with van der Waals surface area (Å²) in [5.41, 5.74) is 1.53. The summed E-state index contributed by atoms with van der Waals surface area (Å²) in [5, 5.41) is 3.70. The van der Waals surface area contributed by atoms with Gasteiger partial charge in [-0.3, -0.25) is 0 Å². The molecule has 19 heavy (non-hydrogen) atoms. The summed E-state index contributed by atoms with van der Waals surface area (Å²) in [6.45, 7) is 1.21. The van der Waals surface area contributed by atoms with Crippen LogP contribution in [0.3, 0.4) is 0 Å². The van der Waals surface area contributed by atoms with Crippen molar-refractivity contribution in [2.75, 3.05) is 18.6 Å². The summed E-state index contributed by atoms with van der Waals surface area (Å²) in [4.78, 5) is 0. The molecule has 1 fully saturated rings. The van der Waals surface area contributed by atoms with E-state index in [1.54, 1.807) is 0 Å². The van der Waals surface area contributed by atoms with E-state index in [0.717, 1.165) is 12.0 Å². The first-order valence-corrected chi connectivity index (χ1v) is 9.07. The molecule has 1 N–H and O–H groups in total. The van der Waals surface area contributed by atoms with E-state index in [0.29, 0.717) is 0 Å². The molecule has 1 aliphatic rings. The normalized spacial score (nSPS) is 22.2. The first-order chi connectivity index (χ1) is 9.40. The van der Waals surface area contributed by atoms with Crippen molar-refractivity contribution in [3.8, 4) is 0 Å². The molecule has 0 amide bonds. The van der Waals surface area contributed by atoms with Gasteiger partial charge >= 0.3 is 0 Å². The van der Waals surface area contributed by atoms with E-state index in [2.05, 4.69) is 41.9 Å². The lowest BCUT2D eigenvalue weighted by molar-refractivity contribution is 0.289. The van der Waals surface area contributed by atoms with Gasteiger partial charge in [-0.1, -0.05) is 43.2 Å². The first kappa shape index (κ1) is 14.9. The van der Waals surface area contributed by atoms with E-state index >= 15 is 0 Å². The van der Waals surface area contributed by atoms with Crippen molar-refractivity contribution in [2.45, 2.75) is 50.5 Å². The largest absolute Gasteiger partial charge is 0.314 e. The molecule has 0 saturated heterocycles. The van der Waals surface area contributed by atoms with Crippen molar-refractivity contribution in [1.82, 2.24) is 5.32 Å². The van der Waals surface area contributed by atoms with Crippen LogP contribution < -0.4 is 5.32 Å². The molecule has 0 aromatic heterocycles. The molecule has 106 valence electrons. The van der Waals surface area contributed by atoms with Crippen LogP contribution in [-0.2, 0) is 0 Å². The van der Waals surface area contributed by atoms with Crippen LogP contribution in [0.15, 0.2) is 30.3 Å². The van der Waals surface area contributed by atoms with Crippen molar-refractivity contribution < 1.29 is 0 Å². The predicted octanol–water partition coefficient (Wildman–Crippen LogP) is 4.45. The minimum Gasteiger partial charge on any atom is -0.314 e. The summed E-state index contributed by atoms with van der Waals surface area (Å²) < 4.78 is 0. The van der Waals surface area contributed by atoms with Gasteiger partial charge in [-0.15, -0.1) is 0 Å². The van der Waals surface area contributed by atoms with Gasteiger partial charge in [0.1, 0.15) is 0 Å². The lowest BCUT2D eigenvalue weighted by atomic mass is 9.76. The Morgan fingerprint density at radius 3 is 2.53 bits per heavy atom. The Morgan fingerprint density at radius 2 is 1.79 bits per heavy atom. The highest BCUT2D eigenvalue weighted by molar-refractivity contribution is 7.98. The van der Waals surface area contributed by atoms with E-state index in [1.165, 1.54) is 56.4 Å². The molecule has 1 nitrogen and oxygen atoms in total. The van der Waals surface area contributed by atoms with E-state index in [4.69, 9.17) is 0 Å². The van der Waals surface area contributed by atoms with Crippen LogP contribution in [0.1, 0.15) is 50.0 Å². The van der Waals surface area contributed by atoms with Crippen LogP contribution in [0.5, 0.6) is 0 Å². The SMILES string of the molecule is CSCCCCCCNC1CC(c2ccccc2)C1. The summed E-state index contributed by atoms with van der Waals surface area (Å²) in [7, 11) is 0. The van der Waals surface area contributed by atoms with E-state index < -0.39 is 0 Å². The molecule has 0 radical (unpaired) electrons. The Labute approximate surface area is 122 Å². The average molecular weight is 277 g/mol. The zero-order chi connectivity index (χ0) is 13.3. The predicted molar refractivity (Wildman–Crippen MR) is 87.1 cm³/mol. The van der Waals surface area contributed by atoms with Crippen LogP contribution >= 0.6 is 11.8 Å². The van der Waals surface area contributed by atoms with E-state index in [1.807, 2.05) is 11.8 Å². The minimum atomic E-state index is 0.774. The Morgan fingerprint density at radius 1 is 1.05 bits per heavy atom. The van der Waals surface area contributed by atoms with Gasteiger partial charge in [0, 0.05) is 6.04 Å². The van der Waals surface area contributed by atoms with Gasteiger partial charge in [0.05, 0.1) is 0 Å². The molecule has 1 aliphatic carbocycles. The van der Waals surface area contributed by atoms with Gasteiger partial charge in [0.2, 0.25) is 0 Å². The van der Waals surface area contributed by atoms with Crippen LogP contribution in [0.2, 0.25) is 0 Å². The molecule has 0 bridgehead atoms. The van der Waals surface area contributed by atoms with Gasteiger partial charge in [0.25, 0.3) is 0 Å². The van der Waals surface area contributed by atoms with Crippen molar-refractivity contribution in [2.24, 2.45) is 0 Å².